The number of rotatable bonds is 5. The molecule has 0 amide bonds. The van der Waals surface area contributed by atoms with Gasteiger partial charge in [-0.15, -0.1) is 0 Å². The molecule has 2 N–H and O–H groups in total. The number of nitrogens with zero attached hydrogens (tertiary/aromatic N) is 2. The standard InChI is InChI=1S/C18H21N3O/c1-13(2)21-15(12-22-16-6-4-8-20-11-16)9-17-14(10-19)5-3-7-18(17)21/h3-9,11,13H,10,12,19H2,1-2H3. The van der Waals surface area contributed by atoms with Crippen molar-refractivity contribution in [3.8, 4) is 5.75 Å². The van der Waals surface area contributed by atoms with Crippen LogP contribution in [0.5, 0.6) is 5.75 Å². The van der Waals surface area contributed by atoms with Crippen LogP contribution in [0.25, 0.3) is 10.9 Å². The lowest BCUT2D eigenvalue weighted by Crippen LogP contribution is -2.08. The third-order valence-electron chi connectivity index (χ3n) is 3.81. The Bertz CT molecular complexity index is 763. The number of hydrogen-bond acceptors (Lipinski definition) is 3. The van der Waals surface area contributed by atoms with Crippen LogP contribution in [-0.2, 0) is 13.2 Å². The number of nitrogens with two attached hydrogens (primary N) is 1. The van der Waals surface area contributed by atoms with Crippen LogP contribution >= 0.6 is 0 Å². The normalized spacial score (nSPS) is 11.3. The number of benzene rings is 1. The van der Waals surface area contributed by atoms with Crippen LogP contribution in [0.15, 0.2) is 48.8 Å². The maximum atomic E-state index is 5.87. The Labute approximate surface area is 130 Å². The fourth-order valence-electron chi connectivity index (χ4n) is 2.86. The summed E-state index contributed by atoms with van der Waals surface area (Å²) in [5.41, 5.74) is 9.39. The summed E-state index contributed by atoms with van der Waals surface area (Å²) in [4.78, 5) is 4.08. The Hall–Kier alpha value is -2.33. The first-order valence-corrected chi connectivity index (χ1v) is 7.55. The molecule has 0 aliphatic rings. The molecular weight excluding hydrogens is 274 g/mol. The number of pyridine rings is 1. The third-order valence-corrected chi connectivity index (χ3v) is 3.81. The molecule has 0 radical (unpaired) electrons. The average molecular weight is 295 g/mol. The van der Waals surface area contributed by atoms with Gasteiger partial charge in [0.05, 0.1) is 11.9 Å². The van der Waals surface area contributed by atoms with Crippen LogP contribution < -0.4 is 10.5 Å². The van der Waals surface area contributed by atoms with Crippen LogP contribution in [0.4, 0.5) is 0 Å². The Morgan fingerprint density at radius 2 is 2.09 bits per heavy atom. The second kappa shape index (κ2) is 6.20. The molecule has 0 spiro atoms. The quantitative estimate of drug-likeness (QED) is 0.781. The zero-order valence-electron chi connectivity index (χ0n) is 13.0. The molecule has 0 atom stereocenters. The molecule has 0 saturated carbocycles. The largest absolute Gasteiger partial charge is 0.486 e. The highest BCUT2D eigenvalue weighted by molar-refractivity contribution is 5.85. The molecule has 1 aromatic carbocycles. The minimum Gasteiger partial charge on any atom is -0.486 e. The van der Waals surface area contributed by atoms with Crippen molar-refractivity contribution < 1.29 is 4.74 Å². The number of fused-ring (bicyclic) bond motifs is 1. The lowest BCUT2D eigenvalue weighted by atomic mass is 10.1. The Balaban J connectivity index is 1.99. The fraction of sp³-hybridized carbons (Fsp3) is 0.278. The lowest BCUT2D eigenvalue weighted by molar-refractivity contribution is 0.292. The van der Waals surface area contributed by atoms with E-state index in [0.29, 0.717) is 19.2 Å². The molecule has 3 aromatic rings. The topological polar surface area (TPSA) is 53.1 Å². The highest BCUT2D eigenvalue weighted by Crippen LogP contribution is 2.27. The van der Waals surface area contributed by atoms with Gasteiger partial charge in [-0.2, -0.15) is 0 Å². The molecular formula is C18H21N3O. The Morgan fingerprint density at radius 3 is 2.77 bits per heavy atom. The molecule has 0 bridgehead atoms. The maximum Gasteiger partial charge on any atom is 0.138 e. The van der Waals surface area contributed by atoms with Gasteiger partial charge in [-0.05, 0) is 43.7 Å². The van der Waals surface area contributed by atoms with Crippen molar-refractivity contribution in [2.45, 2.75) is 33.0 Å². The summed E-state index contributed by atoms with van der Waals surface area (Å²) in [6, 6.07) is 12.6. The van der Waals surface area contributed by atoms with E-state index in [9.17, 15) is 0 Å². The first-order chi connectivity index (χ1) is 10.7. The van der Waals surface area contributed by atoms with E-state index >= 15 is 0 Å². The van der Waals surface area contributed by atoms with E-state index in [1.165, 1.54) is 16.5 Å². The van der Waals surface area contributed by atoms with Gasteiger partial charge in [-0.1, -0.05) is 12.1 Å². The second-order valence-electron chi connectivity index (χ2n) is 5.63. The fourth-order valence-corrected chi connectivity index (χ4v) is 2.86. The van der Waals surface area contributed by atoms with E-state index in [-0.39, 0.29) is 0 Å². The molecule has 0 saturated heterocycles. The third kappa shape index (κ3) is 2.70. The molecule has 3 rings (SSSR count). The highest BCUT2D eigenvalue weighted by atomic mass is 16.5. The second-order valence-corrected chi connectivity index (χ2v) is 5.63. The molecule has 0 unspecified atom stereocenters. The van der Waals surface area contributed by atoms with Crippen LogP contribution in [0, 0.1) is 0 Å². The van der Waals surface area contributed by atoms with E-state index in [1.54, 1.807) is 12.4 Å². The lowest BCUT2D eigenvalue weighted by Gasteiger charge is -2.15. The molecule has 0 fully saturated rings. The molecule has 2 heterocycles. The van der Waals surface area contributed by atoms with Gasteiger partial charge in [0.2, 0.25) is 0 Å². The summed E-state index contributed by atoms with van der Waals surface area (Å²) in [7, 11) is 0. The maximum absolute atomic E-state index is 5.87. The highest BCUT2D eigenvalue weighted by Gasteiger charge is 2.13. The smallest absolute Gasteiger partial charge is 0.138 e. The molecule has 0 aliphatic heterocycles. The van der Waals surface area contributed by atoms with Gasteiger partial charge >= 0.3 is 0 Å². The average Bonchev–Trinajstić information content (AvgIpc) is 2.92. The van der Waals surface area contributed by atoms with Crippen LogP contribution in [0.3, 0.4) is 0 Å². The Kier molecular flexibility index (Phi) is 4.11. The van der Waals surface area contributed by atoms with Gasteiger partial charge in [-0.25, -0.2) is 0 Å². The van der Waals surface area contributed by atoms with E-state index < -0.39 is 0 Å². The monoisotopic (exact) mass is 295 g/mol. The van der Waals surface area contributed by atoms with E-state index in [1.807, 2.05) is 12.1 Å². The zero-order valence-corrected chi connectivity index (χ0v) is 13.0. The number of aromatic nitrogens is 2. The summed E-state index contributed by atoms with van der Waals surface area (Å²) in [6.45, 7) is 5.43. The molecule has 4 heteroatoms. The van der Waals surface area contributed by atoms with Gasteiger partial charge in [0, 0.05) is 29.7 Å². The predicted octanol–water partition coefficient (Wildman–Crippen LogP) is 3.65. The van der Waals surface area contributed by atoms with Crippen molar-refractivity contribution in [3.05, 3.63) is 60.0 Å². The summed E-state index contributed by atoms with van der Waals surface area (Å²) in [6.07, 6.45) is 3.47. The van der Waals surface area contributed by atoms with Crippen molar-refractivity contribution in [2.75, 3.05) is 0 Å². The van der Waals surface area contributed by atoms with Gasteiger partial charge in [-0.3, -0.25) is 4.98 Å². The summed E-state index contributed by atoms with van der Waals surface area (Å²) < 4.78 is 8.18. The van der Waals surface area contributed by atoms with Crippen molar-refractivity contribution in [3.63, 3.8) is 0 Å². The number of ether oxygens (including phenoxy) is 1. The summed E-state index contributed by atoms with van der Waals surface area (Å²) >= 11 is 0. The van der Waals surface area contributed by atoms with Gasteiger partial charge in [0.15, 0.2) is 0 Å². The first-order valence-electron chi connectivity index (χ1n) is 7.55. The molecule has 4 nitrogen and oxygen atoms in total. The van der Waals surface area contributed by atoms with Crippen LogP contribution in [0.1, 0.15) is 31.1 Å². The van der Waals surface area contributed by atoms with E-state index in [2.05, 4.69) is 47.7 Å². The van der Waals surface area contributed by atoms with E-state index in [4.69, 9.17) is 10.5 Å². The minimum absolute atomic E-state index is 0.359. The molecule has 2 aromatic heterocycles. The predicted molar refractivity (Wildman–Crippen MR) is 88.8 cm³/mol. The molecule has 114 valence electrons. The van der Waals surface area contributed by atoms with Gasteiger partial charge < -0.3 is 15.0 Å². The van der Waals surface area contributed by atoms with Crippen LogP contribution in [0.2, 0.25) is 0 Å². The summed E-state index contributed by atoms with van der Waals surface area (Å²) in [5, 5.41) is 1.21. The van der Waals surface area contributed by atoms with Crippen LogP contribution in [-0.4, -0.2) is 9.55 Å². The van der Waals surface area contributed by atoms with Crippen molar-refractivity contribution in [1.82, 2.24) is 9.55 Å². The van der Waals surface area contributed by atoms with Gasteiger partial charge in [0.25, 0.3) is 0 Å². The summed E-state index contributed by atoms with van der Waals surface area (Å²) in [5.74, 6) is 0.780. The molecule has 22 heavy (non-hydrogen) atoms. The number of hydrogen-bond donors (Lipinski definition) is 1. The van der Waals surface area contributed by atoms with Crippen molar-refractivity contribution in [1.29, 1.82) is 0 Å². The molecule has 0 aliphatic carbocycles. The van der Waals surface area contributed by atoms with Crippen molar-refractivity contribution >= 4 is 10.9 Å². The van der Waals surface area contributed by atoms with Gasteiger partial charge in [0.1, 0.15) is 12.4 Å². The first kappa shape index (κ1) is 14.6. The Morgan fingerprint density at radius 1 is 1.23 bits per heavy atom. The zero-order chi connectivity index (χ0) is 15.5. The van der Waals surface area contributed by atoms with E-state index in [0.717, 1.165) is 11.4 Å². The SMILES string of the molecule is CC(C)n1c(COc2cccnc2)cc2c(CN)cccc21. The minimum atomic E-state index is 0.359. The van der Waals surface area contributed by atoms with Crippen molar-refractivity contribution in [2.24, 2.45) is 5.73 Å².